The minimum absolute atomic E-state index is 0.192. The SMILES string of the molecule is CCC(=O)c1ccc(Br)cc1.CCCCCc1ccccc1. The molecule has 1 nitrogen and oxygen atoms in total. The van der Waals surface area contributed by atoms with Gasteiger partial charge in [0, 0.05) is 16.5 Å². The monoisotopic (exact) mass is 360 g/mol. The fraction of sp³-hybridized carbons (Fsp3) is 0.350. The van der Waals surface area contributed by atoms with Gasteiger partial charge < -0.3 is 0 Å². The highest BCUT2D eigenvalue weighted by Gasteiger charge is 2.00. The zero-order chi connectivity index (χ0) is 16.2. The number of Topliss-reactive ketones (excluding diaryl/α,β-unsaturated/α-hetero) is 1. The number of unbranched alkanes of at least 4 members (excludes halogenated alkanes) is 2. The Morgan fingerprint density at radius 2 is 1.55 bits per heavy atom. The molecule has 2 rings (SSSR count). The Hall–Kier alpha value is -1.41. The number of hydrogen-bond donors (Lipinski definition) is 0. The molecular weight excluding hydrogens is 336 g/mol. The molecule has 0 saturated heterocycles. The number of benzene rings is 2. The van der Waals surface area contributed by atoms with Crippen molar-refractivity contribution in [1.82, 2.24) is 0 Å². The van der Waals surface area contributed by atoms with Crippen LogP contribution < -0.4 is 0 Å². The van der Waals surface area contributed by atoms with Gasteiger partial charge in [0.25, 0.3) is 0 Å². The molecule has 0 spiro atoms. The molecule has 0 N–H and O–H groups in total. The van der Waals surface area contributed by atoms with Crippen LogP contribution in [-0.4, -0.2) is 5.78 Å². The van der Waals surface area contributed by atoms with Crippen LogP contribution >= 0.6 is 15.9 Å². The smallest absolute Gasteiger partial charge is 0.162 e. The van der Waals surface area contributed by atoms with Gasteiger partial charge in [0.1, 0.15) is 0 Å². The van der Waals surface area contributed by atoms with E-state index in [0.29, 0.717) is 6.42 Å². The summed E-state index contributed by atoms with van der Waals surface area (Å²) in [6.07, 6.45) is 5.82. The maximum absolute atomic E-state index is 11.1. The van der Waals surface area contributed by atoms with Crippen LogP contribution in [0.5, 0.6) is 0 Å². The molecule has 2 aromatic rings. The number of halogens is 1. The van der Waals surface area contributed by atoms with Crippen LogP contribution in [0.1, 0.15) is 55.5 Å². The van der Waals surface area contributed by atoms with E-state index in [2.05, 4.69) is 53.2 Å². The highest BCUT2D eigenvalue weighted by atomic mass is 79.9. The van der Waals surface area contributed by atoms with Gasteiger partial charge >= 0.3 is 0 Å². The van der Waals surface area contributed by atoms with Gasteiger partial charge in [0.2, 0.25) is 0 Å². The van der Waals surface area contributed by atoms with E-state index in [1.807, 2.05) is 31.2 Å². The Bertz CT molecular complexity index is 531. The number of aryl methyl sites for hydroxylation is 1. The van der Waals surface area contributed by atoms with E-state index in [1.165, 1.54) is 31.2 Å². The highest BCUT2D eigenvalue weighted by molar-refractivity contribution is 9.10. The normalized spacial score (nSPS) is 9.77. The number of rotatable bonds is 6. The van der Waals surface area contributed by atoms with E-state index in [1.54, 1.807) is 0 Å². The van der Waals surface area contributed by atoms with Crippen LogP contribution in [0.15, 0.2) is 59.1 Å². The standard InChI is InChI=1S/C11H16.C9H9BrO/c1-2-3-5-8-11-9-6-4-7-10-11;1-2-9(11)7-3-5-8(10)6-4-7/h4,6-7,9-10H,2-3,5,8H2,1H3;3-6H,2H2,1H3. The van der Waals surface area contributed by atoms with Crippen molar-refractivity contribution < 1.29 is 4.79 Å². The molecule has 0 radical (unpaired) electrons. The van der Waals surface area contributed by atoms with E-state index in [-0.39, 0.29) is 5.78 Å². The predicted molar refractivity (Wildman–Crippen MR) is 98.4 cm³/mol. The van der Waals surface area contributed by atoms with E-state index < -0.39 is 0 Å². The van der Waals surface area contributed by atoms with Crippen molar-refractivity contribution in [3.63, 3.8) is 0 Å². The second-order valence-electron chi connectivity index (χ2n) is 5.23. The molecule has 0 aliphatic heterocycles. The zero-order valence-corrected chi connectivity index (χ0v) is 15.1. The van der Waals surface area contributed by atoms with E-state index in [4.69, 9.17) is 0 Å². The van der Waals surface area contributed by atoms with Gasteiger partial charge in [-0.25, -0.2) is 0 Å². The summed E-state index contributed by atoms with van der Waals surface area (Å²) in [6.45, 7) is 4.11. The lowest BCUT2D eigenvalue weighted by Crippen LogP contribution is -1.94. The maximum Gasteiger partial charge on any atom is 0.162 e. The van der Waals surface area contributed by atoms with Crippen molar-refractivity contribution in [3.8, 4) is 0 Å². The quantitative estimate of drug-likeness (QED) is 0.426. The molecule has 0 saturated carbocycles. The Morgan fingerprint density at radius 1 is 0.909 bits per heavy atom. The Labute approximate surface area is 142 Å². The van der Waals surface area contributed by atoms with Gasteiger partial charge in [-0.1, -0.05) is 85.1 Å². The van der Waals surface area contributed by atoms with E-state index in [0.717, 1.165) is 10.0 Å². The molecule has 0 atom stereocenters. The van der Waals surface area contributed by atoms with Crippen molar-refractivity contribution in [3.05, 3.63) is 70.2 Å². The third kappa shape index (κ3) is 7.56. The van der Waals surface area contributed by atoms with Gasteiger partial charge in [-0.05, 0) is 30.5 Å². The van der Waals surface area contributed by atoms with Gasteiger partial charge in [-0.15, -0.1) is 0 Å². The number of carbonyl (C=O) groups is 1. The first-order valence-electron chi connectivity index (χ1n) is 8.00. The third-order valence-corrected chi connectivity index (χ3v) is 3.93. The molecular formula is C20H25BrO. The summed E-state index contributed by atoms with van der Waals surface area (Å²) in [5.41, 5.74) is 2.26. The first-order chi connectivity index (χ1) is 10.7. The largest absolute Gasteiger partial charge is 0.294 e. The predicted octanol–water partition coefficient (Wildman–Crippen LogP) is 6.46. The molecule has 0 aliphatic carbocycles. The van der Waals surface area contributed by atoms with Crippen molar-refractivity contribution in [2.45, 2.75) is 46.0 Å². The van der Waals surface area contributed by atoms with E-state index in [9.17, 15) is 4.79 Å². The fourth-order valence-corrected chi connectivity index (χ4v) is 2.33. The molecule has 22 heavy (non-hydrogen) atoms. The Kier molecular flexibility index (Phi) is 9.49. The molecule has 0 heterocycles. The molecule has 0 bridgehead atoms. The zero-order valence-electron chi connectivity index (χ0n) is 13.5. The molecule has 2 aromatic carbocycles. The number of hydrogen-bond acceptors (Lipinski definition) is 1. The van der Waals surface area contributed by atoms with Crippen LogP contribution in [0.4, 0.5) is 0 Å². The molecule has 0 fully saturated rings. The maximum atomic E-state index is 11.1. The lowest BCUT2D eigenvalue weighted by atomic mass is 10.1. The van der Waals surface area contributed by atoms with Gasteiger partial charge in [0.15, 0.2) is 5.78 Å². The lowest BCUT2D eigenvalue weighted by Gasteiger charge is -1.98. The van der Waals surface area contributed by atoms with Crippen LogP contribution in [0.3, 0.4) is 0 Å². The second-order valence-corrected chi connectivity index (χ2v) is 6.14. The minimum Gasteiger partial charge on any atom is -0.294 e. The topological polar surface area (TPSA) is 17.1 Å². The average molecular weight is 361 g/mol. The van der Waals surface area contributed by atoms with E-state index >= 15 is 0 Å². The second kappa shape index (κ2) is 11.2. The van der Waals surface area contributed by atoms with Crippen LogP contribution in [0.25, 0.3) is 0 Å². The van der Waals surface area contributed by atoms with Crippen molar-refractivity contribution >= 4 is 21.7 Å². The summed E-state index contributed by atoms with van der Waals surface area (Å²) in [5, 5.41) is 0. The molecule has 118 valence electrons. The summed E-state index contributed by atoms with van der Waals surface area (Å²) < 4.78 is 1.00. The number of carbonyl (C=O) groups excluding carboxylic acids is 1. The van der Waals surface area contributed by atoms with Crippen LogP contribution in [0, 0.1) is 0 Å². The first-order valence-corrected chi connectivity index (χ1v) is 8.79. The number of ketones is 1. The van der Waals surface area contributed by atoms with Crippen LogP contribution in [0.2, 0.25) is 0 Å². The van der Waals surface area contributed by atoms with Crippen molar-refractivity contribution in [2.24, 2.45) is 0 Å². The Morgan fingerprint density at radius 3 is 2.09 bits per heavy atom. The molecule has 0 aromatic heterocycles. The van der Waals surface area contributed by atoms with Gasteiger partial charge in [0.05, 0.1) is 0 Å². The molecule has 0 aliphatic rings. The Balaban J connectivity index is 0.000000220. The summed E-state index contributed by atoms with van der Waals surface area (Å²) in [7, 11) is 0. The summed E-state index contributed by atoms with van der Waals surface area (Å²) in [6, 6.07) is 18.1. The minimum atomic E-state index is 0.192. The lowest BCUT2D eigenvalue weighted by molar-refractivity contribution is 0.0988. The fourth-order valence-electron chi connectivity index (χ4n) is 2.06. The molecule has 0 unspecified atom stereocenters. The van der Waals surface area contributed by atoms with Crippen molar-refractivity contribution in [2.75, 3.05) is 0 Å². The average Bonchev–Trinajstić information content (AvgIpc) is 2.57. The van der Waals surface area contributed by atoms with Gasteiger partial charge in [-0.2, -0.15) is 0 Å². The van der Waals surface area contributed by atoms with Crippen molar-refractivity contribution in [1.29, 1.82) is 0 Å². The van der Waals surface area contributed by atoms with Gasteiger partial charge in [-0.3, -0.25) is 4.79 Å². The summed E-state index contributed by atoms with van der Waals surface area (Å²) in [4.78, 5) is 11.1. The summed E-state index contributed by atoms with van der Waals surface area (Å²) in [5.74, 6) is 0.192. The summed E-state index contributed by atoms with van der Waals surface area (Å²) >= 11 is 3.31. The third-order valence-electron chi connectivity index (χ3n) is 3.40. The highest BCUT2D eigenvalue weighted by Crippen LogP contribution is 2.11. The molecule has 2 heteroatoms. The molecule has 0 amide bonds. The first kappa shape index (κ1) is 18.6. The van der Waals surface area contributed by atoms with Crippen LogP contribution in [-0.2, 0) is 6.42 Å².